The standard InChI is InChI=1S/C29H45NO10/c1-9-19(3)17-37-26(33)39-22-12-11-21(15-23(22)40-27(34)38-18-20(4)10-2)16-29(30,25(32)35-8)13-14-36-24(31)28(5,6)7/h11-12,15,19-20H,9-10,13-14,16-18,30H2,1-8H3/t19?,20?,29-/m1/s1. The SMILES string of the molecule is CCC(C)COC(=O)Oc1ccc(C[C@](N)(CCOC(=O)C(C)(C)C)C(=O)OC)cc1OC(=O)OCC(C)CC. The first-order chi connectivity index (χ1) is 18.6. The molecule has 0 aliphatic carbocycles. The molecule has 1 aromatic carbocycles. The molecule has 0 radical (unpaired) electrons. The molecule has 40 heavy (non-hydrogen) atoms. The number of carbonyl (C=O) groups is 4. The fraction of sp³-hybridized carbons (Fsp3) is 0.655. The quantitative estimate of drug-likeness (QED) is 0.179. The van der Waals surface area contributed by atoms with E-state index in [1.165, 1.54) is 19.2 Å². The van der Waals surface area contributed by atoms with Crippen LogP contribution in [-0.2, 0) is 35.0 Å². The fourth-order valence-corrected chi connectivity index (χ4v) is 3.09. The van der Waals surface area contributed by atoms with Crippen molar-refractivity contribution in [2.45, 2.75) is 79.7 Å². The van der Waals surface area contributed by atoms with Crippen molar-refractivity contribution in [1.29, 1.82) is 0 Å². The zero-order valence-corrected chi connectivity index (χ0v) is 25.0. The van der Waals surface area contributed by atoms with Gasteiger partial charge in [-0.2, -0.15) is 0 Å². The first-order valence-corrected chi connectivity index (χ1v) is 13.5. The van der Waals surface area contributed by atoms with Crippen molar-refractivity contribution in [3.63, 3.8) is 0 Å². The Morgan fingerprint density at radius 1 is 0.825 bits per heavy atom. The molecule has 0 fully saturated rings. The van der Waals surface area contributed by atoms with Crippen LogP contribution in [0.3, 0.4) is 0 Å². The van der Waals surface area contributed by atoms with Gasteiger partial charge in [0, 0.05) is 12.8 Å². The summed E-state index contributed by atoms with van der Waals surface area (Å²) in [5.74, 6) is -1.11. The molecule has 0 bridgehead atoms. The summed E-state index contributed by atoms with van der Waals surface area (Å²) in [5, 5.41) is 0. The Balaban J connectivity index is 3.19. The Morgan fingerprint density at radius 3 is 1.82 bits per heavy atom. The Morgan fingerprint density at radius 2 is 1.35 bits per heavy atom. The van der Waals surface area contributed by atoms with Crippen molar-refractivity contribution in [1.82, 2.24) is 0 Å². The first-order valence-electron chi connectivity index (χ1n) is 13.5. The van der Waals surface area contributed by atoms with Crippen molar-refractivity contribution in [3.05, 3.63) is 23.8 Å². The second kappa shape index (κ2) is 16.1. The zero-order chi connectivity index (χ0) is 30.5. The van der Waals surface area contributed by atoms with Crippen LogP contribution in [0, 0.1) is 17.3 Å². The molecule has 0 spiro atoms. The predicted molar refractivity (Wildman–Crippen MR) is 147 cm³/mol. The molecule has 0 aliphatic heterocycles. The van der Waals surface area contributed by atoms with E-state index >= 15 is 0 Å². The summed E-state index contributed by atoms with van der Waals surface area (Å²) in [6.07, 6.45) is -0.436. The van der Waals surface area contributed by atoms with Crippen LogP contribution >= 0.6 is 0 Å². The van der Waals surface area contributed by atoms with E-state index in [1.54, 1.807) is 26.8 Å². The number of methoxy groups -OCH3 is 1. The van der Waals surface area contributed by atoms with Gasteiger partial charge in [0.05, 0.1) is 32.3 Å². The van der Waals surface area contributed by atoms with E-state index in [0.29, 0.717) is 5.56 Å². The third-order valence-electron chi connectivity index (χ3n) is 6.27. The highest BCUT2D eigenvalue weighted by Gasteiger charge is 2.36. The van der Waals surface area contributed by atoms with E-state index in [2.05, 4.69) is 0 Å². The van der Waals surface area contributed by atoms with Crippen LogP contribution in [0.15, 0.2) is 18.2 Å². The highest BCUT2D eigenvalue weighted by Crippen LogP contribution is 2.31. The third-order valence-corrected chi connectivity index (χ3v) is 6.27. The number of esters is 2. The lowest BCUT2D eigenvalue weighted by molar-refractivity contribution is -0.156. The van der Waals surface area contributed by atoms with E-state index in [4.69, 9.17) is 34.2 Å². The Labute approximate surface area is 236 Å². The van der Waals surface area contributed by atoms with Gasteiger partial charge in [-0.3, -0.25) is 9.59 Å². The van der Waals surface area contributed by atoms with Crippen molar-refractivity contribution >= 4 is 24.2 Å². The molecular weight excluding hydrogens is 522 g/mol. The molecule has 2 N–H and O–H groups in total. The molecular formula is C29H45NO10. The van der Waals surface area contributed by atoms with Gasteiger partial charge in [0.1, 0.15) is 5.54 Å². The van der Waals surface area contributed by atoms with E-state index < -0.39 is 35.2 Å². The lowest BCUT2D eigenvalue weighted by Crippen LogP contribution is -2.51. The van der Waals surface area contributed by atoms with Gasteiger partial charge in [0.15, 0.2) is 11.5 Å². The van der Waals surface area contributed by atoms with Crippen LogP contribution in [0.1, 0.15) is 73.3 Å². The van der Waals surface area contributed by atoms with Gasteiger partial charge in [-0.15, -0.1) is 0 Å². The van der Waals surface area contributed by atoms with Crippen LogP contribution in [-0.4, -0.2) is 56.7 Å². The van der Waals surface area contributed by atoms with Gasteiger partial charge in [-0.25, -0.2) is 9.59 Å². The lowest BCUT2D eigenvalue weighted by Gasteiger charge is -2.27. The van der Waals surface area contributed by atoms with Gasteiger partial charge in [-0.1, -0.05) is 46.6 Å². The molecule has 226 valence electrons. The van der Waals surface area contributed by atoms with Crippen LogP contribution in [0.25, 0.3) is 0 Å². The molecule has 0 aliphatic rings. The number of rotatable bonds is 14. The molecule has 1 rings (SSSR count). The van der Waals surface area contributed by atoms with Gasteiger partial charge in [-0.05, 0) is 50.3 Å². The molecule has 0 saturated heterocycles. The van der Waals surface area contributed by atoms with E-state index in [0.717, 1.165) is 12.8 Å². The minimum absolute atomic E-state index is 0.0329. The Hall–Kier alpha value is -3.34. The molecule has 3 atom stereocenters. The number of hydrogen-bond acceptors (Lipinski definition) is 11. The summed E-state index contributed by atoms with van der Waals surface area (Å²) in [5.41, 5.74) is 4.59. The number of nitrogens with two attached hydrogens (primary N) is 1. The minimum Gasteiger partial charge on any atom is -0.468 e. The second-order valence-corrected chi connectivity index (χ2v) is 11.1. The maximum absolute atomic E-state index is 12.6. The van der Waals surface area contributed by atoms with Crippen LogP contribution in [0.4, 0.5) is 9.59 Å². The summed E-state index contributed by atoms with van der Waals surface area (Å²) >= 11 is 0. The molecule has 0 aromatic heterocycles. The molecule has 2 unspecified atom stereocenters. The molecule has 0 amide bonds. The topological polar surface area (TPSA) is 150 Å². The number of benzene rings is 1. The molecule has 1 aromatic rings. The molecule has 0 saturated carbocycles. The highest BCUT2D eigenvalue weighted by molar-refractivity contribution is 5.81. The van der Waals surface area contributed by atoms with Crippen LogP contribution < -0.4 is 15.2 Å². The fourth-order valence-electron chi connectivity index (χ4n) is 3.09. The number of ether oxygens (including phenoxy) is 6. The van der Waals surface area contributed by atoms with Crippen molar-refractivity contribution in [3.8, 4) is 11.5 Å². The summed E-state index contributed by atoms with van der Waals surface area (Å²) in [7, 11) is 1.20. The average molecular weight is 568 g/mol. The normalized spacial score (nSPS) is 14.2. The van der Waals surface area contributed by atoms with Gasteiger partial charge in [0.2, 0.25) is 0 Å². The highest BCUT2D eigenvalue weighted by atomic mass is 16.7. The largest absolute Gasteiger partial charge is 0.513 e. The van der Waals surface area contributed by atoms with E-state index in [-0.39, 0.29) is 56.0 Å². The zero-order valence-electron chi connectivity index (χ0n) is 25.0. The van der Waals surface area contributed by atoms with E-state index in [1.807, 2.05) is 27.7 Å². The Bertz CT molecular complexity index is 1000. The van der Waals surface area contributed by atoms with Crippen molar-refractivity contribution in [2.75, 3.05) is 26.9 Å². The minimum atomic E-state index is -1.57. The average Bonchev–Trinajstić information content (AvgIpc) is 2.90. The predicted octanol–water partition coefficient (Wildman–Crippen LogP) is 5.20. The Kier molecular flexibility index (Phi) is 13.9. The lowest BCUT2D eigenvalue weighted by atomic mass is 9.88. The molecule has 11 heteroatoms. The van der Waals surface area contributed by atoms with Crippen molar-refractivity contribution in [2.24, 2.45) is 23.0 Å². The van der Waals surface area contributed by atoms with Gasteiger partial charge >= 0.3 is 24.2 Å². The maximum atomic E-state index is 12.6. The van der Waals surface area contributed by atoms with Gasteiger partial charge < -0.3 is 34.2 Å². The number of hydrogen-bond donors (Lipinski definition) is 1. The maximum Gasteiger partial charge on any atom is 0.513 e. The van der Waals surface area contributed by atoms with Crippen LogP contribution in [0.2, 0.25) is 0 Å². The summed E-state index contributed by atoms with van der Waals surface area (Å²) in [6.45, 7) is 13.1. The smallest absolute Gasteiger partial charge is 0.468 e. The van der Waals surface area contributed by atoms with Crippen molar-refractivity contribution < 1.29 is 47.6 Å². The van der Waals surface area contributed by atoms with Gasteiger partial charge in [0.25, 0.3) is 0 Å². The molecule has 11 nitrogen and oxygen atoms in total. The number of carbonyl (C=O) groups excluding carboxylic acids is 4. The molecule has 0 heterocycles. The third kappa shape index (κ3) is 11.8. The summed E-state index contributed by atoms with van der Waals surface area (Å²) in [4.78, 5) is 49.5. The summed E-state index contributed by atoms with van der Waals surface area (Å²) in [6, 6.07) is 4.36. The van der Waals surface area contributed by atoms with E-state index in [9.17, 15) is 19.2 Å². The second-order valence-electron chi connectivity index (χ2n) is 11.1. The monoisotopic (exact) mass is 567 g/mol. The van der Waals surface area contributed by atoms with Crippen LogP contribution in [0.5, 0.6) is 11.5 Å². The first kappa shape index (κ1) is 34.7. The summed E-state index contributed by atoms with van der Waals surface area (Å²) < 4.78 is 31.2.